The molecule has 2 aromatic rings. The van der Waals surface area contributed by atoms with Gasteiger partial charge in [-0.2, -0.15) is 0 Å². The first-order valence-electron chi connectivity index (χ1n) is 4.62. The highest BCUT2D eigenvalue weighted by molar-refractivity contribution is 5.91. The summed E-state index contributed by atoms with van der Waals surface area (Å²) in [6.45, 7) is 5.81. The number of fused-ring (bicyclic) bond motifs is 1. The summed E-state index contributed by atoms with van der Waals surface area (Å²) in [5.41, 5.74) is 3.23. The maximum absolute atomic E-state index is 5.34. The topological polar surface area (TPSA) is 13.1 Å². The maximum atomic E-state index is 5.34. The second kappa shape index (κ2) is 3.54. The van der Waals surface area contributed by atoms with Crippen LogP contribution in [-0.2, 0) is 0 Å². The molecule has 0 aliphatic heterocycles. The first-order valence-corrected chi connectivity index (χ1v) is 4.62. The molecular formula is C13H12O. The molecule has 0 aliphatic rings. The van der Waals surface area contributed by atoms with Crippen molar-refractivity contribution in [1.29, 1.82) is 0 Å². The first-order chi connectivity index (χ1) is 6.86. The molecule has 0 N–H and O–H groups in total. The van der Waals surface area contributed by atoms with E-state index >= 15 is 0 Å². The Kier molecular flexibility index (Phi) is 2.23. The number of benzene rings is 1. The van der Waals surface area contributed by atoms with E-state index in [0.717, 1.165) is 16.5 Å². The molecule has 0 fully saturated rings. The molecule has 0 atom stereocenters. The van der Waals surface area contributed by atoms with E-state index in [1.165, 1.54) is 5.56 Å². The van der Waals surface area contributed by atoms with Crippen LogP contribution >= 0.6 is 0 Å². The van der Waals surface area contributed by atoms with E-state index in [2.05, 4.69) is 12.7 Å². The Labute approximate surface area is 83.4 Å². The van der Waals surface area contributed by atoms with E-state index in [4.69, 9.17) is 4.42 Å². The van der Waals surface area contributed by atoms with Crippen molar-refractivity contribution in [2.45, 2.75) is 6.92 Å². The molecule has 1 aromatic heterocycles. The summed E-state index contributed by atoms with van der Waals surface area (Å²) in [6, 6.07) is 5.98. The third-order valence-corrected chi connectivity index (χ3v) is 2.26. The standard InChI is InChI=1S/C13H12O/c1-3-5-11-10(4-2)6-7-13-12(11)8-9-14-13/h3-9H,2H2,1H3/b5-3-. The molecule has 1 aromatic carbocycles. The van der Waals surface area contributed by atoms with Crippen LogP contribution in [0.15, 0.2) is 41.5 Å². The molecule has 0 amide bonds. The lowest BCUT2D eigenvalue weighted by Crippen LogP contribution is -1.80. The van der Waals surface area contributed by atoms with Gasteiger partial charge >= 0.3 is 0 Å². The zero-order valence-corrected chi connectivity index (χ0v) is 8.16. The van der Waals surface area contributed by atoms with E-state index in [1.807, 2.05) is 37.3 Å². The van der Waals surface area contributed by atoms with Gasteiger partial charge in [0.2, 0.25) is 0 Å². The zero-order valence-electron chi connectivity index (χ0n) is 8.16. The van der Waals surface area contributed by atoms with Crippen molar-refractivity contribution >= 4 is 23.1 Å². The first kappa shape index (κ1) is 8.82. The van der Waals surface area contributed by atoms with Crippen LogP contribution in [0.25, 0.3) is 23.1 Å². The molecule has 0 bridgehead atoms. The molecular weight excluding hydrogens is 172 g/mol. The quantitative estimate of drug-likeness (QED) is 0.684. The van der Waals surface area contributed by atoms with Gasteiger partial charge in [0.1, 0.15) is 5.58 Å². The fourth-order valence-corrected chi connectivity index (χ4v) is 1.61. The maximum Gasteiger partial charge on any atom is 0.134 e. The molecule has 1 nitrogen and oxygen atoms in total. The molecule has 0 spiro atoms. The lowest BCUT2D eigenvalue weighted by Gasteiger charge is -2.01. The Bertz CT molecular complexity index is 489. The van der Waals surface area contributed by atoms with Crippen molar-refractivity contribution in [1.82, 2.24) is 0 Å². The lowest BCUT2D eigenvalue weighted by molar-refractivity contribution is 0.616. The van der Waals surface area contributed by atoms with Gasteiger partial charge in [0, 0.05) is 5.39 Å². The minimum atomic E-state index is 0.920. The number of hydrogen-bond donors (Lipinski definition) is 0. The minimum absolute atomic E-state index is 0.920. The van der Waals surface area contributed by atoms with Crippen LogP contribution in [0.4, 0.5) is 0 Å². The zero-order chi connectivity index (χ0) is 9.97. The predicted molar refractivity (Wildman–Crippen MR) is 61.0 cm³/mol. The Balaban J connectivity index is 2.81. The van der Waals surface area contributed by atoms with E-state index in [9.17, 15) is 0 Å². The predicted octanol–water partition coefficient (Wildman–Crippen LogP) is 4.11. The Morgan fingerprint density at radius 1 is 1.29 bits per heavy atom. The van der Waals surface area contributed by atoms with Crippen LogP contribution in [0.3, 0.4) is 0 Å². The molecule has 14 heavy (non-hydrogen) atoms. The third kappa shape index (κ3) is 1.27. The van der Waals surface area contributed by atoms with E-state index in [0.29, 0.717) is 0 Å². The Morgan fingerprint density at radius 3 is 2.86 bits per heavy atom. The van der Waals surface area contributed by atoms with Gasteiger partial charge < -0.3 is 4.42 Å². The smallest absolute Gasteiger partial charge is 0.134 e. The van der Waals surface area contributed by atoms with Crippen LogP contribution < -0.4 is 0 Å². The molecule has 0 unspecified atom stereocenters. The Morgan fingerprint density at radius 2 is 2.14 bits per heavy atom. The van der Waals surface area contributed by atoms with E-state index in [1.54, 1.807) is 6.26 Å². The molecule has 0 saturated carbocycles. The Hall–Kier alpha value is -1.76. The van der Waals surface area contributed by atoms with Gasteiger partial charge in [-0.1, -0.05) is 30.9 Å². The summed E-state index contributed by atoms with van der Waals surface area (Å²) in [7, 11) is 0. The fraction of sp³-hybridized carbons (Fsp3) is 0.0769. The molecule has 70 valence electrons. The number of furan rings is 1. The number of rotatable bonds is 2. The summed E-state index contributed by atoms with van der Waals surface area (Å²) in [5, 5.41) is 1.14. The van der Waals surface area contributed by atoms with Gasteiger partial charge in [-0.3, -0.25) is 0 Å². The van der Waals surface area contributed by atoms with Gasteiger partial charge in [-0.25, -0.2) is 0 Å². The highest BCUT2D eigenvalue weighted by Crippen LogP contribution is 2.25. The molecule has 2 rings (SSSR count). The van der Waals surface area contributed by atoms with Crippen molar-refractivity contribution in [2.24, 2.45) is 0 Å². The largest absolute Gasteiger partial charge is 0.464 e. The summed E-state index contributed by atoms with van der Waals surface area (Å²) in [6.07, 6.45) is 7.68. The van der Waals surface area contributed by atoms with Crippen LogP contribution in [0.1, 0.15) is 18.1 Å². The summed E-state index contributed by atoms with van der Waals surface area (Å²) in [5.74, 6) is 0. The molecule has 0 saturated heterocycles. The van der Waals surface area contributed by atoms with Crippen LogP contribution in [0.5, 0.6) is 0 Å². The SMILES string of the molecule is C=Cc1ccc2occc2c1/C=C\C. The van der Waals surface area contributed by atoms with Crippen molar-refractivity contribution in [3.05, 3.63) is 48.2 Å². The van der Waals surface area contributed by atoms with Crippen molar-refractivity contribution in [3.63, 3.8) is 0 Å². The minimum Gasteiger partial charge on any atom is -0.464 e. The van der Waals surface area contributed by atoms with E-state index < -0.39 is 0 Å². The molecule has 1 heteroatoms. The molecule has 0 radical (unpaired) electrons. The normalized spacial score (nSPS) is 11.2. The number of hydrogen-bond acceptors (Lipinski definition) is 1. The van der Waals surface area contributed by atoms with E-state index in [-0.39, 0.29) is 0 Å². The monoisotopic (exact) mass is 184 g/mol. The average Bonchev–Trinajstić information content (AvgIpc) is 2.67. The van der Waals surface area contributed by atoms with Gasteiger partial charge in [-0.05, 0) is 30.2 Å². The van der Waals surface area contributed by atoms with Gasteiger partial charge in [-0.15, -0.1) is 0 Å². The van der Waals surface area contributed by atoms with Gasteiger partial charge in [0.15, 0.2) is 0 Å². The van der Waals surface area contributed by atoms with Gasteiger partial charge in [0.05, 0.1) is 6.26 Å². The second-order valence-corrected chi connectivity index (χ2v) is 3.11. The van der Waals surface area contributed by atoms with Crippen molar-refractivity contribution in [2.75, 3.05) is 0 Å². The van der Waals surface area contributed by atoms with Gasteiger partial charge in [0.25, 0.3) is 0 Å². The summed E-state index contributed by atoms with van der Waals surface area (Å²) < 4.78 is 5.34. The number of allylic oxidation sites excluding steroid dienone is 1. The second-order valence-electron chi connectivity index (χ2n) is 3.11. The van der Waals surface area contributed by atoms with Crippen LogP contribution in [0, 0.1) is 0 Å². The summed E-state index contributed by atoms with van der Waals surface area (Å²) >= 11 is 0. The van der Waals surface area contributed by atoms with Crippen LogP contribution in [0.2, 0.25) is 0 Å². The molecule has 1 heterocycles. The highest BCUT2D eigenvalue weighted by atomic mass is 16.3. The lowest BCUT2D eigenvalue weighted by atomic mass is 10.0. The van der Waals surface area contributed by atoms with Crippen molar-refractivity contribution < 1.29 is 4.42 Å². The molecule has 0 aliphatic carbocycles. The van der Waals surface area contributed by atoms with Crippen LogP contribution in [-0.4, -0.2) is 0 Å². The summed E-state index contributed by atoms with van der Waals surface area (Å²) in [4.78, 5) is 0. The third-order valence-electron chi connectivity index (χ3n) is 2.26. The average molecular weight is 184 g/mol. The fourth-order valence-electron chi connectivity index (χ4n) is 1.61. The van der Waals surface area contributed by atoms with Crippen molar-refractivity contribution in [3.8, 4) is 0 Å². The highest BCUT2D eigenvalue weighted by Gasteiger charge is 2.04.